The van der Waals surface area contributed by atoms with Gasteiger partial charge in [0.05, 0.1) is 6.54 Å². The van der Waals surface area contributed by atoms with Crippen LogP contribution in [0.2, 0.25) is 0 Å². The third-order valence-corrected chi connectivity index (χ3v) is 7.72. The maximum absolute atomic E-state index is 6.54. The first-order valence-corrected chi connectivity index (χ1v) is 14.6. The molecule has 0 radical (unpaired) electrons. The summed E-state index contributed by atoms with van der Waals surface area (Å²) in [6.45, 7) is 4.43. The smallest absolute Gasteiger partial charge is 0.161 e. The highest BCUT2D eigenvalue weighted by atomic mass is 16.3. The van der Waals surface area contributed by atoms with Crippen LogP contribution in [0.25, 0.3) is 44.2 Å². The normalized spacial score (nSPS) is 12.1. The van der Waals surface area contributed by atoms with Crippen LogP contribution in [-0.4, -0.2) is 18.4 Å². The molecule has 0 saturated carbocycles. The van der Waals surface area contributed by atoms with Crippen LogP contribution >= 0.6 is 0 Å². The second-order valence-corrected chi connectivity index (χ2v) is 10.5. The molecule has 210 valence electrons. The van der Waals surface area contributed by atoms with Crippen molar-refractivity contribution < 1.29 is 4.42 Å². The predicted molar refractivity (Wildman–Crippen MR) is 184 cm³/mol. The number of nitrogens with zero attached hydrogens (tertiary/aromatic N) is 3. The minimum Gasteiger partial charge on any atom is -0.455 e. The number of benzene rings is 6. The molecule has 0 atom stereocenters. The van der Waals surface area contributed by atoms with Crippen LogP contribution in [0.1, 0.15) is 16.7 Å². The molecule has 0 aliphatic rings. The lowest BCUT2D eigenvalue weighted by atomic mass is 9.96. The van der Waals surface area contributed by atoms with E-state index in [4.69, 9.17) is 14.4 Å². The van der Waals surface area contributed by atoms with Crippen molar-refractivity contribution in [1.82, 2.24) is 0 Å². The van der Waals surface area contributed by atoms with E-state index in [2.05, 4.69) is 90.6 Å². The van der Waals surface area contributed by atoms with Gasteiger partial charge in [-0.2, -0.15) is 0 Å². The van der Waals surface area contributed by atoms with Crippen LogP contribution in [-0.2, 0) is 6.54 Å². The number of furan rings is 1. The Hall–Kier alpha value is -5.87. The summed E-state index contributed by atoms with van der Waals surface area (Å²) in [5, 5.41) is 1.95. The molecule has 7 rings (SSSR count). The molecule has 0 aliphatic heterocycles. The van der Waals surface area contributed by atoms with Crippen molar-refractivity contribution in [3.05, 3.63) is 168 Å². The lowest BCUT2D eigenvalue weighted by molar-refractivity contribution is 0.670. The van der Waals surface area contributed by atoms with E-state index in [0.717, 1.165) is 49.8 Å². The third kappa shape index (κ3) is 5.37. The molecule has 6 aromatic carbocycles. The van der Waals surface area contributed by atoms with Gasteiger partial charge in [0.2, 0.25) is 0 Å². The van der Waals surface area contributed by atoms with Gasteiger partial charge >= 0.3 is 0 Å². The molecule has 44 heavy (non-hydrogen) atoms. The van der Waals surface area contributed by atoms with Gasteiger partial charge in [-0.3, -0.25) is 4.99 Å². The Morgan fingerprint density at radius 3 is 1.91 bits per heavy atom. The fourth-order valence-electron chi connectivity index (χ4n) is 5.52. The Morgan fingerprint density at radius 1 is 0.568 bits per heavy atom. The average Bonchev–Trinajstić information content (AvgIpc) is 3.49. The molecule has 1 aromatic heterocycles. The zero-order chi connectivity index (χ0) is 29.7. The quantitative estimate of drug-likeness (QED) is 0.146. The number of aliphatic imine (C=N–C) groups is 3. The van der Waals surface area contributed by atoms with Crippen LogP contribution in [0.5, 0.6) is 0 Å². The van der Waals surface area contributed by atoms with Crippen molar-refractivity contribution in [2.75, 3.05) is 0 Å². The van der Waals surface area contributed by atoms with Crippen LogP contribution in [0.4, 0.5) is 0 Å². The first-order valence-electron chi connectivity index (χ1n) is 14.6. The van der Waals surface area contributed by atoms with E-state index >= 15 is 0 Å². The number of rotatable bonds is 6. The Balaban J connectivity index is 1.37. The minimum atomic E-state index is 0.489. The van der Waals surface area contributed by atoms with Gasteiger partial charge in [0.15, 0.2) is 11.7 Å². The van der Waals surface area contributed by atoms with Gasteiger partial charge in [0, 0.05) is 27.5 Å². The number of hydrogen-bond donors (Lipinski definition) is 0. The summed E-state index contributed by atoms with van der Waals surface area (Å²) in [5.41, 5.74) is 8.88. The molecule has 0 unspecified atom stereocenters. The van der Waals surface area contributed by atoms with Gasteiger partial charge < -0.3 is 4.42 Å². The monoisotopic (exact) mass is 567 g/mol. The van der Waals surface area contributed by atoms with Crippen LogP contribution in [0.3, 0.4) is 0 Å². The van der Waals surface area contributed by atoms with E-state index in [1.807, 2.05) is 72.8 Å². The van der Waals surface area contributed by atoms with E-state index in [-0.39, 0.29) is 0 Å². The van der Waals surface area contributed by atoms with Crippen molar-refractivity contribution in [3.63, 3.8) is 0 Å². The molecule has 0 fully saturated rings. The first kappa shape index (κ1) is 27.0. The van der Waals surface area contributed by atoms with Gasteiger partial charge in [-0.15, -0.1) is 0 Å². The summed E-state index contributed by atoms with van der Waals surface area (Å²) < 4.78 is 6.54. The van der Waals surface area contributed by atoms with Crippen molar-refractivity contribution >= 4 is 40.3 Å². The van der Waals surface area contributed by atoms with E-state index in [1.165, 1.54) is 11.1 Å². The molecule has 4 heteroatoms. The molecule has 0 saturated heterocycles. The first-order chi connectivity index (χ1) is 21.8. The molecular weight excluding hydrogens is 538 g/mol. The Labute approximate surface area is 256 Å². The number of hydrogen-bond acceptors (Lipinski definition) is 2. The third-order valence-electron chi connectivity index (χ3n) is 7.72. The van der Waals surface area contributed by atoms with E-state index < -0.39 is 0 Å². The zero-order valence-corrected chi connectivity index (χ0v) is 24.1. The van der Waals surface area contributed by atoms with E-state index in [9.17, 15) is 0 Å². The zero-order valence-electron chi connectivity index (χ0n) is 24.1. The van der Waals surface area contributed by atoms with Crippen molar-refractivity contribution in [1.29, 1.82) is 0 Å². The molecule has 0 amide bonds. The maximum Gasteiger partial charge on any atom is 0.161 e. The van der Waals surface area contributed by atoms with Crippen molar-refractivity contribution in [3.8, 4) is 22.3 Å². The van der Waals surface area contributed by atoms with Gasteiger partial charge in [0.1, 0.15) is 11.2 Å². The highest BCUT2D eigenvalue weighted by Gasteiger charge is 2.19. The number of para-hydroxylation sites is 1. The largest absolute Gasteiger partial charge is 0.455 e. The summed E-state index contributed by atoms with van der Waals surface area (Å²) in [5.74, 6) is 1.08. The molecule has 0 aliphatic carbocycles. The topological polar surface area (TPSA) is 50.2 Å². The Morgan fingerprint density at radius 2 is 1.18 bits per heavy atom. The van der Waals surface area contributed by atoms with Crippen LogP contribution < -0.4 is 0 Å². The molecule has 1 heterocycles. The summed E-state index contributed by atoms with van der Waals surface area (Å²) in [6, 6.07) is 51.4. The standard InChI is InChI=1S/C40H29N3O/c1-41-40(43-39(32-17-9-4-10-18-32)42-27-28-13-5-2-6-14-28)35-26-25-33(38-37(35)34-19-11-12-20-36(34)44-38)31-23-21-30(22-24-31)29-15-7-3-8-16-29/h2-26H,1,27H2/b42-39-,43-40-. The summed E-state index contributed by atoms with van der Waals surface area (Å²) in [4.78, 5) is 14.4. The fourth-order valence-corrected chi connectivity index (χ4v) is 5.52. The molecule has 7 aromatic rings. The van der Waals surface area contributed by atoms with Gasteiger partial charge in [-0.1, -0.05) is 133 Å². The second-order valence-electron chi connectivity index (χ2n) is 10.5. The average molecular weight is 568 g/mol. The molecule has 4 nitrogen and oxygen atoms in total. The van der Waals surface area contributed by atoms with Gasteiger partial charge in [-0.25, -0.2) is 9.98 Å². The Bertz CT molecular complexity index is 2130. The predicted octanol–water partition coefficient (Wildman–Crippen LogP) is 10.0. The lowest BCUT2D eigenvalue weighted by Crippen LogP contribution is -2.06. The fraction of sp³-hybridized carbons (Fsp3) is 0.0250. The van der Waals surface area contributed by atoms with Crippen molar-refractivity contribution in [2.24, 2.45) is 15.0 Å². The minimum absolute atomic E-state index is 0.489. The lowest BCUT2D eigenvalue weighted by Gasteiger charge is -2.10. The maximum atomic E-state index is 6.54. The number of fused-ring (bicyclic) bond motifs is 3. The highest BCUT2D eigenvalue weighted by molar-refractivity contribution is 6.23. The molecule has 0 bridgehead atoms. The molecular formula is C40H29N3O. The highest BCUT2D eigenvalue weighted by Crippen LogP contribution is 2.39. The van der Waals surface area contributed by atoms with Gasteiger partial charge in [-0.05, 0) is 47.2 Å². The Kier molecular flexibility index (Phi) is 7.46. The summed E-state index contributed by atoms with van der Waals surface area (Å²) >= 11 is 0. The van der Waals surface area contributed by atoms with Gasteiger partial charge in [0.25, 0.3) is 0 Å². The van der Waals surface area contributed by atoms with E-state index in [1.54, 1.807) is 0 Å². The molecule has 0 spiro atoms. The van der Waals surface area contributed by atoms with Crippen LogP contribution in [0, 0.1) is 0 Å². The summed E-state index contributed by atoms with van der Waals surface area (Å²) in [6.07, 6.45) is 0. The van der Waals surface area contributed by atoms with E-state index in [0.29, 0.717) is 18.2 Å². The number of amidine groups is 2. The molecule has 0 N–H and O–H groups in total. The SMILES string of the molecule is C=N/C(=N\C(=N/Cc1ccccc1)c1ccccc1)c1ccc(-c2ccc(-c3ccccc3)cc2)c2oc3ccccc3c12. The van der Waals surface area contributed by atoms with Crippen LogP contribution in [0.15, 0.2) is 171 Å². The van der Waals surface area contributed by atoms with Crippen molar-refractivity contribution in [2.45, 2.75) is 6.54 Å². The second kappa shape index (κ2) is 12.2. The summed E-state index contributed by atoms with van der Waals surface area (Å²) in [7, 11) is 0.